The predicted octanol–water partition coefficient (Wildman–Crippen LogP) is 1.90. The van der Waals surface area contributed by atoms with Crippen molar-refractivity contribution in [2.24, 2.45) is 0 Å². The Morgan fingerprint density at radius 3 is 2.19 bits per heavy atom. The maximum atomic E-state index is 11.4. The second kappa shape index (κ2) is 6.21. The van der Waals surface area contributed by atoms with Crippen LogP contribution in [0.1, 0.15) is 47.5 Å². The van der Waals surface area contributed by atoms with Crippen LogP contribution in [0.2, 0.25) is 0 Å². The van der Waals surface area contributed by atoms with Gasteiger partial charge in [-0.3, -0.25) is 4.79 Å². The van der Waals surface area contributed by atoms with Crippen molar-refractivity contribution in [1.29, 1.82) is 0 Å². The Kier molecular flexibility index (Phi) is 5.97. The third kappa shape index (κ3) is 8.68. The number of carbonyl (C=O) groups excluding carboxylic acids is 1. The fraction of sp³-hybridized carbons (Fsp3) is 0.917. The molecule has 4 nitrogen and oxygen atoms in total. The van der Waals surface area contributed by atoms with Gasteiger partial charge in [0.1, 0.15) is 5.60 Å². The van der Waals surface area contributed by atoms with Crippen molar-refractivity contribution in [2.45, 2.75) is 58.7 Å². The number of hydrogen-bond donors (Lipinski definition) is 1. The van der Waals surface area contributed by atoms with E-state index in [1.54, 1.807) is 0 Å². The zero-order chi connectivity index (χ0) is 12.8. The number of rotatable bonds is 6. The van der Waals surface area contributed by atoms with E-state index in [4.69, 9.17) is 14.6 Å². The Bertz CT molecular complexity index is 216. The highest BCUT2D eigenvalue weighted by Gasteiger charge is 2.20. The lowest BCUT2D eigenvalue weighted by molar-refractivity contribution is -0.157. The van der Waals surface area contributed by atoms with E-state index in [2.05, 4.69) is 0 Å². The fourth-order valence-electron chi connectivity index (χ4n) is 1.14. The molecule has 0 rings (SSSR count). The molecule has 0 radical (unpaired) electrons. The van der Waals surface area contributed by atoms with E-state index in [1.807, 2.05) is 34.6 Å². The summed E-state index contributed by atoms with van der Waals surface area (Å²) in [7, 11) is 0. The van der Waals surface area contributed by atoms with Crippen LogP contribution in [0.3, 0.4) is 0 Å². The van der Waals surface area contributed by atoms with Crippen LogP contribution >= 0.6 is 0 Å². The number of esters is 1. The number of carbonyl (C=O) groups is 1. The summed E-state index contributed by atoms with van der Waals surface area (Å²) in [6.07, 6.45) is 0.799. The number of aliphatic hydroxyl groups is 1. The Labute approximate surface area is 97.9 Å². The van der Waals surface area contributed by atoms with Crippen LogP contribution in [0.15, 0.2) is 0 Å². The first-order valence-electron chi connectivity index (χ1n) is 5.63. The van der Waals surface area contributed by atoms with Crippen molar-refractivity contribution in [3.05, 3.63) is 0 Å². The normalized spacial score (nSPS) is 12.6. The molecular formula is C12H24O4. The standard InChI is InChI=1S/C12H24O4/c1-11(2,3)16-10(14)6-9-15-12(4,5)7-8-13/h13H,6-9H2,1-5H3. The van der Waals surface area contributed by atoms with Crippen LogP contribution in [-0.4, -0.2) is 35.5 Å². The summed E-state index contributed by atoms with van der Waals surface area (Å²) in [5.41, 5.74) is -0.839. The quantitative estimate of drug-likeness (QED) is 0.711. The zero-order valence-corrected chi connectivity index (χ0v) is 11.0. The number of hydrogen-bond acceptors (Lipinski definition) is 4. The van der Waals surface area contributed by atoms with E-state index in [9.17, 15) is 4.79 Å². The average Bonchev–Trinajstić information content (AvgIpc) is 1.99. The molecule has 1 N–H and O–H groups in total. The van der Waals surface area contributed by atoms with Crippen molar-refractivity contribution < 1.29 is 19.4 Å². The minimum atomic E-state index is -0.447. The summed E-state index contributed by atoms with van der Waals surface area (Å²) < 4.78 is 10.6. The van der Waals surface area contributed by atoms with Crippen molar-refractivity contribution in [3.63, 3.8) is 0 Å². The monoisotopic (exact) mass is 232 g/mol. The van der Waals surface area contributed by atoms with Gasteiger partial charge in [0.05, 0.1) is 18.6 Å². The van der Waals surface area contributed by atoms with Crippen LogP contribution in [0.25, 0.3) is 0 Å². The largest absolute Gasteiger partial charge is 0.460 e. The molecule has 0 aromatic heterocycles. The Morgan fingerprint density at radius 1 is 1.19 bits per heavy atom. The molecule has 0 fully saturated rings. The van der Waals surface area contributed by atoms with Crippen molar-refractivity contribution >= 4 is 5.97 Å². The van der Waals surface area contributed by atoms with Gasteiger partial charge in [0.25, 0.3) is 0 Å². The van der Waals surface area contributed by atoms with E-state index in [0.717, 1.165) is 0 Å². The van der Waals surface area contributed by atoms with Crippen molar-refractivity contribution in [2.75, 3.05) is 13.2 Å². The van der Waals surface area contributed by atoms with Gasteiger partial charge in [-0.25, -0.2) is 0 Å². The van der Waals surface area contributed by atoms with Crippen LogP contribution < -0.4 is 0 Å². The predicted molar refractivity (Wildman–Crippen MR) is 62.2 cm³/mol. The first-order valence-corrected chi connectivity index (χ1v) is 5.63. The molecule has 0 aliphatic heterocycles. The van der Waals surface area contributed by atoms with Crippen LogP contribution in [0, 0.1) is 0 Å². The Hall–Kier alpha value is -0.610. The first kappa shape index (κ1) is 15.4. The SMILES string of the molecule is CC(C)(C)OC(=O)CCOC(C)(C)CCO. The molecule has 0 amide bonds. The zero-order valence-electron chi connectivity index (χ0n) is 11.0. The molecule has 0 aromatic carbocycles. The fourth-order valence-corrected chi connectivity index (χ4v) is 1.14. The lowest BCUT2D eigenvalue weighted by Crippen LogP contribution is -2.29. The molecule has 0 aliphatic carbocycles. The van der Waals surface area contributed by atoms with Gasteiger partial charge < -0.3 is 14.6 Å². The maximum Gasteiger partial charge on any atom is 0.308 e. The molecule has 0 saturated carbocycles. The summed E-state index contributed by atoms with van der Waals surface area (Å²) in [5, 5.41) is 8.79. The molecule has 0 bridgehead atoms. The Morgan fingerprint density at radius 2 is 1.75 bits per heavy atom. The van der Waals surface area contributed by atoms with Crippen LogP contribution in [0.5, 0.6) is 0 Å². The van der Waals surface area contributed by atoms with E-state index >= 15 is 0 Å². The number of ether oxygens (including phenoxy) is 2. The van der Waals surface area contributed by atoms with Gasteiger partial charge in [0.15, 0.2) is 0 Å². The van der Waals surface area contributed by atoms with Gasteiger partial charge in [-0.15, -0.1) is 0 Å². The maximum absolute atomic E-state index is 11.4. The van der Waals surface area contributed by atoms with Gasteiger partial charge in [-0.2, -0.15) is 0 Å². The van der Waals surface area contributed by atoms with Gasteiger partial charge in [-0.05, 0) is 41.0 Å². The minimum Gasteiger partial charge on any atom is -0.460 e. The highest BCUT2D eigenvalue weighted by atomic mass is 16.6. The lowest BCUT2D eigenvalue weighted by Gasteiger charge is -2.25. The molecule has 0 saturated heterocycles. The third-order valence-corrected chi connectivity index (χ3v) is 1.93. The summed E-state index contributed by atoms with van der Waals surface area (Å²) in [4.78, 5) is 11.4. The molecule has 0 heterocycles. The molecule has 0 aliphatic rings. The highest BCUT2D eigenvalue weighted by molar-refractivity contribution is 5.69. The summed E-state index contributed by atoms with van der Waals surface area (Å²) >= 11 is 0. The summed E-state index contributed by atoms with van der Waals surface area (Å²) in [5.74, 6) is -0.257. The number of aliphatic hydroxyl groups excluding tert-OH is 1. The van der Waals surface area contributed by atoms with Gasteiger partial charge in [0, 0.05) is 6.61 Å². The molecule has 4 heteroatoms. The van der Waals surface area contributed by atoms with E-state index < -0.39 is 11.2 Å². The molecule has 0 atom stereocenters. The third-order valence-electron chi connectivity index (χ3n) is 1.93. The highest BCUT2D eigenvalue weighted by Crippen LogP contribution is 2.14. The van der Waals surface area contributed by atoms with E-state index in [1.165, 1.54) is 0 Å². The minimum absolute atomic E-state index is 0.0828. The molecule has 0 unspecified atom stereocenters. The smallest absolute Gasteiger partial charge is 0.308 e. The van der Waals surface area contributed by atoms with E-state index in [0.29, 0.717) is 13.0 Å². The summed E-state index contributed by atoms with van der Waals surface area (Å²) in [6.45, 7) is 9.68. The van der Waals surface area contributed by atoms with E-state index in [-0.39, 0.29) is 19.0 Å². The van der Waals surface area contributed by atoms with Crippen LogP contribution in [-0.2, 0) is 14.3 Å². The van der Waals surface area contributed by atoms with Crippen LogP contribution in [0.4, 0.5) is 0 Å². The summed E-state index contributed by atoms with van der Waals surface area (Å²) in [6, 6.07) is 0. The van der Waals surface area contributed by atoms with Crippen molar-refractivity contribution in [1.82, 2.24) is 0 Å². The van der Waals surface area contributed by atoms with Crippen molar-refractivity contribution in [3.8, 4) is 0 Å². The van der Waals surface area contributed by atoms with Gasteiger partial charge in [-0.1, -0.05) is 0 Å². The molecule has 16 heavy (non-hydrogen) atoms. The second-order valence-electron chi connectivity index (χ2n) is 5.42. The molecule has 0 spiro atoms. The Balaban J connectivity index is 3.78. The lowest BCUT2D eigenvalue weighted by atomic mass is 10.1. The van der Waals surface area contributed by atoms with Gasteiger partial charge in [0.2, 0.25) is 0 Å². The molecule has 96 valence electrons. The second-order valence-corrected chi connectivity index (χ2v) is 5.42. The molecular weight excluding hydrogens is 208 g/mol. The molecule has 0 aromatic rings. The van der Waals surface area contributed by atoms with Gasteiger partial charge >= 0.3 is 5.97 Å². The average molecular weight is 232 g/mol. The first-order chi connectivity index (χ1) is 7.16. The topological polar surface area (TPSA) is 55.8 Å².